The first-order valence-corrected chi connectivity index (χ1v) is 8.26. The number of likely N-dealkylation sites (tertiary alicyclic amines) is 1. The molecule has 2 aliphatic rings. The summed E-state index contributed by atoms with van der Waals surface area (Å²) in [5.74, 6) is 0.500. The molecule has 4 nitrogen and oxygen atoms in total. The molecule has 1 aliphatic heterocycles. The lowest BCUT2D eigenvalue weighted by Gasteiger charge is -2.37. The molecular formula is C17H29NO3. The highest BCUT2D eigenvalue weighted by Crippen LogP contribution is 2.38. The Kier molecular flexibility index (Phi) is 4.95. The Labute approximate surface area is 128 Å². The molecule has 2 fully saturated rings. The molecule has 1 heterocycles. The highest BCUT2D eigenvalue weighted by atomic mass is 16.5. The van der Waals surface area contributed by atoms with E-state index in [0.29, 0.717) is 17.9 Å². The first kappa shape index (κ1) is 16.3. The molecule has 1 saturated heterocycles. The summed E-state index contributed by atoms with van der Waals surface area (Å²) in [6.45, 7) is 9.07. The highest BCUT2D eigenvalue weighted by Gasteiger charge is 2.36. The SMILES string of the molecule is CC(=O)N1CCC[C@H]1C(=O)OC1CCC(C(C)(C)C)CC1. The second-order valence-corrected chi connectivity index (χ2v) is 7.65. The Morgan fingerprint density at radius 1 is 1.05 bits per heavy atom. The summed E-state index contributed by atoms with van der Waals surface area (Å²) >= 11 is 0. The molecule has 4 heteroatoms. The fourth-order valence-corrected chi connectivity index (χ4v) is 3.68. The van der Waals surface area contributed by atoms with Crippen molar-refractivity contribution < 1.29 is 14.3 Å². The predicted molar refractivity (Wildman–Crippen MR) is 81.7 cm³/mol. The van der Waals surface area contributed by atoms with Crippen molar-refractivity contribution in [3.8, 4) is 0 Å². The van der Waals surface area contributed by atoms with Gasteiger partial charge in [-0.2, -0.15) is 0 Å². The first-order chi connectivity index (χ1) is 9.79. The Hall–Kier alpha value is -1.06. The molecule has 0 aromatic rings. The normalized spacial score (nSPS) is 30.3. The third kappa shape index (κ3) is 3.98. The summed E-state index contributed by atoms with van der Waals surface area (Å²) in [6.07, 6.45) is 5.86. The molecule has 120 valence electrons. The molecule has 0 N–H and O–H groups in total. The van der Waals surface area contributed by atoms with Gasteiger partial charge in [0.2, 0.25) is 5.91 Å². The number of hydrogen-bond acceptors (Lipinski definition) is 3. The van der Waals surface area contributed by atoms with Crippen molar-refractivity contribution in [2.75, 3.05) is 6.54 Å². The Morgan fingerprint density at radius 2 is 1.67 bits per heavy atom. The Bertz CT molecular complexity index is 391. The standard InChI is InChI=1S/C17H29NO3/c1-12(19)18-11-5-6-15(18)16(20)21-14-9-7-13(8-10-14)17(2,3)4/h13-15H,5-11H2,1-4H3/t13?,14?,15-/m0/s1. The van der Waals surface area contributed by atoms with Gasteiger partial charge < -0.3 is 9.64 Å². The maximum atomic E-state index is 12.3. The van der Waals surface area contributed by atoms with E-state index < -0.39 is 0 Å². The number of nitrogens with zero attached hydrogens (tertiary/aromatic N) is 1. The summed E-state index contributed by atoms with van der Waals surface area (Å²) in [4.78, 5) is 25.5. The smallest absolute Gasteiger partial charge is 0.329 e. The van der Waals surface area contributed by atoms with E-state index in [2.05, 4.69) is 20.8 Å². The monoisotopic (exact) mass is 295 g/mol. The number of rotatable bonds is 2. The molecule has 1 atom stereocenters. The lowest BCUT2D eigenvalue weighted by molar-refractivity contribution is -0.159. The quantitative estimate of drug-likeness (QED) is 0.735. The Balaban J connectivity index is 1.83. The van der Waals surface area contributed by atoms with Crippen LogP contribution in [0.15, 0.2) is 0 Å². The van der Waals surface area contributed by atoms with E-state index in [-0.39, 0.29) is 24.0 Å². The number of amides is 1. The van der Waals surface area contributed by atoms with Crippen LogP contribution in [0, 0.1) is 11.3 Å². The zero-order chi connectivity index (χ0) is 15.6. The zero-order valence-corrected chi connectivity index (χ0v) is 13.9. The van der Waals surface area contributed by atoms with Gasteiger partial charge in [-0.15, -0.1) is 0 Å². The number of carbonyl (C=O) groups is 2. The van der Waals surface area contributed by atoms with E-state index in [0.717, 1.165) is 38.5 Å². The van der Waals surface area contributed by atoms with Crippen LogP contribution in [0.2, 0.25) is 0 Å². The lowest BCUT2D eigenvalue weighted by atomic mass is 9.72. The predicted octanol–water partition coefficient (Wildman–Crippen LogP) is 3.15. The molecule has 0 unspecified atom stereocenters. The van der Waals surface area contributed by atoms with Gasteiger partial charge in [0.15, 0.2) is 0 Å². The summed E-state index contributed by atoms with van der Waals surface area (Å²) in [5.41, 5.74) is 0.339. The molecule has 0 bridgehead atoms. The van der Waals surface area contributed by atoms with Crippen molar-refractivity contribution in [2.45, 2.75) is 78.4 Å². The second-order valence-electron chi connectivity index (χ2n) is 7.65. The molecule has 0 spiro atoms. The minimum absolute atomic E-state index is 0.0223. The average molecular weight is 295 g/mol. The van der Waals surface area contributed by atoms with Gasteiger partial charge in [0.05, 0.1) is 0 Å². The van der Waals surface area contributed by atoms with Crippen LogP contribution >= 0.6 is 0 Å². The minimum atomic E-state index is -0.345. The summed E-state index contributed by atoms with van der Waals surface area (Å²) < 4.78 is 5.68. The van der Waals surface area contributed by atoms with Gasteiger partial charge in [-0.25, -0.2) is 4.79 Å². The summed E-state index contributed by atoms with van der Waals surface area (Å²) in [6, 6.07) is -0.345. The molecule has 1 aliphatic carbocycles. The number of carbonyl (C=O) groups excluding carboxylic acids is 2. The highest BCUT2D eigenvalue weighted by molar-refractivity contribution is 5.84. The van der Waals surface area contributed by atoms with E-state index in [1.165, 1.54) is 6.92 Å². The number of ether oxygens (including phenoxy) is 1. The van der Waals surface area contributed by atoms with Crippen LogP contribution in [0.3, 0.4) is 0 Å². The van der Waals surface area contributed by atoms with Crippen molar-refractivity contribution in [1.82, 2.24) is 4.90 Å². The van der Waals surface area contributed by atoms with E-state index in [1.54, 1.807) is 4.90 Å². The van der Waals surface area contributed by atoms with Crippen LogP contribution in [0.1, 0.15) is 66.2 Å². The molecule has 2 rings (SSSR count). The molecule has 0 radical (unpaired) electrons. The molecule has 0 aromatic heterocycles. The van der Waals surface area contributed by atoms with Gasteiger partial charge in [0, 0.05) is 13.5 Å². The largest absolute Gasteiger partial charge is 0.461 e. The van der Waals surface area contributed by atoms with E-state index in [4.69, 9.17) is 4.74 Å². The van der Waals surface area contributed by atoms with E-state index in [9.17, 15) is 9.59 Å². The molecule has 0 aromatic carbocycles. The van der Waals surface area contributed by atoms with E-state index >= 15 is 0 Å². The zero-order valence-electron chi connectivity index (χ0n) is 13.9. The van der Waals surface area contributed by atoms with Crippen molar-refractivity contribution in [3.05, 3.63) is 0 Å². The van der Waals surface area contributed by atoms with Gasteiger partial charge in [-0.1, -0.05) is 20.8 Å². The van der Waals surface area contributed by atoms with Crippen LogP contribution in [0.5, 0.6) is 0 Å². The topological polar surface area (TPSA) is 46.6 Å². The molecule has 1 amide bonds. The third-order valence-corrected chi connectivity index (χ3v) is 5.11. The van der Waals surface area contributed by atoms with Gasteiger partial charge in [-0.05, 0) is 49.9 Å². The van der Waals surface area contributed by atoms with Gasteiger partial charge in [-0.3, -0.25) is 4.79 Å². The minimum Gasteiger partial charge on any atom is -0.461 e. The third-order valence-electron chi connectivity index (χ3n) is 5.11. The van der Waals surface area contributed by atoms with E-state index in [1.807, 2.05) is 0 Å². The fourth-order valence-electron chi connectivity index (χ4n) is 3.68. The molecule has 1 saturated carbocycles. The maximum Gasteiger partial charge on any atom is 0.329 e. The number of esters is 1. The molecule has 21 heavy (non-hydrogen) atoms. The average Bonchev–Trinajstić information content (AvgIpc) is 2.87. The van der Waals surface area contributed by atoms with Crippen LogP contribution in [0.4, 0.5) is 0 Å². The van der Waals surface area contributed by atoms with Crippen molar-refractivity contribution in [2.24, 2.45) is 11.3 Å². The summed E-state index contributed by atoms with van der Waals surface area (Å²) in [5, 5.41) is 0. The van der Waals surface area contributed by atoms with Crippen LogP contribution < -0.4 is 0 Å². The van der Waals surface area contributed by atoms with Crippen molar-refractivity contribution >= 4 is 11.9 Å². The van der Waals surface area contributed by atoms with Gasteiger partial charge >= 0.3 is 5.97 Å². The lowest BCUT2D eigenvalue weighted by Crippen LogP contribution is -2.42. The van der Waals surface area contributed by atoms with Crippen molar-refractivity contribution in [3.63, 3.8) is 0 Å². The first-order valence-electron chi connectivity index (χ1n) is 8.26. The van der Waals surface area contributed by atoms with Crippen molar-refractivity contribution in [1.29, 1.82) is 0 Å². The van der Waals surface area contributed by atoms with Crippen LogP contribution in [-0.2, 0) is 14.3 Å². The number of hydrogen-bond donors (Lipinski definition) is 0. The fraction of sp³-hybridized carbons (Fsp3) is 0.882. The Morgan fingerprint density at radius 3 is 2.19 bits per heavy atom. The summed E-state index contributed by atoms with van der Waals surface area (Å²) in [7, 11) is 0. The van der Waals surface area contributed by atoms with Crippen LogP contribution in [0.25, 0.3) is 0 Å². The second kappa shape index (κ2) is 6.37. The van der Waals surface area contributed by atoms with Gasteiger partial charge in [0.1, 0.15) is 12.1 Å². The maximum absolute atomic E-state index is 12.3. The van der Waals surface area contributed by atoms with Crippen LogP contribution in [-0.4, -0.2) is 35.5 Å². The van der Waals surface area contributed by atoms with Gasteiger partial charge in [0.25, 0.3) is 0 Å². The molecular weight excluding hydrogens is 266 g/mol.